The molecule has 4 nitrogen and oxygen atoms in total. The number of hydrogen-bond acceptors (Lipinski definition) is 2. The molecule has 0 fully saturated rings. The number of aromatic nitrogens is 2. The first-order chi connectivity index (χ1) is 37.3. The molecule has 4 aromatic heterocycles. The number of fused-ring (bicyclic) bond motifs is 12. The molecule has 0 bridgehead atoms. The van der Waals surface area contributed by atoms with Crippen LogP contribution < -0.4 is 9.80 Å². The van der Waals surface area contributed by atoms with E-state index in [1.54, 1.807) is 9.80 Å². The zero-order chi connectivity index (χ0) is 55.0. The molecule has 0 saturated heterocycles. The summed E-state index contributed by atoms with van der Waals surface area (Å²) in [5, 5.41) is 0.378. The van der Waals surface area contributed by atoms with Crippen LogP contribution in [0.25, 0.3) is 76.2 Å². The van der Waals surface area contributed by atoms with E-state index in [-0.39, 0.29) is 124 Å². The SMILES string of the molecule is [2H]c1c([2H])c([2H])c2c(c1N(c1ccccc1)c1ccc(C(C)C)cc1)c1c([2H])c([2H])c([2H])c3c4c([2H])c5c(c([2H])c4n2c13)c1c([2H])c([2H])c([2H])c2c3c(N(c4ccccc4)c4ccc(C(C)C)cc4)c([2H])c([2H])c([2H])c3n5c21. The van der Waals surface area contributed by atoms with Crippen LogP contribution in [0.1, 0.15) is 69.8 Å². The van der Waals surface area contributed by atoms with Gasteiger partial charge in [-0.1, -0.05) is 137 Å². The molecule has 13 aromatic rings. The Morgan fingerprint density at radius 2 is 0.734 bits per heavy atom. The van der Waals surface area contributed by atoms with Gasteiger partial charge in [-0.05, 0) is 108 Å². The van der Waals surface area contributed by atoms with Gasteiger partial charge in [0.25, 0.3) is 0 Å². The molecule has 0 aliphatic carbocycles. The number of nitrogens with zero attached hydrogens (tertiary/aromatic N) is 4. The maximum absolute atomic E-state index is 10.4. The topological polar surface area (TPSA) is 15.3 Å². The van der Waals surface area contributed by atoms with E-state index in [0.717, 1.165) is 11.1 Å². The van der Waals surface area contributed by atoms with E-state index < -0.39 is 60.4 Å². The predicted molar refractivity (Wildman–Crippen MR) is 273 cm³/mol. The van der Waals surface area contributed by atoms with Gasteiger partial charge in [0.1, 0.15) is 0 Å². The summed E-state index contributed by atoms with van der Waals surface area (Å²) in [6, 6.07) is 28.0. The van der Waals surface area contributed by atoms with E-state index in [1.165, 1.54) is 8.80 Å². The molecule has 0 aliphatic rings. The van der Waals surface area contributed by atoms with Gasteiger partial charge in [0.05, 0.1) is 63.7 Å². The van der Waals surface area contributed by atoms with E-state index in [1.807, 2.05) is 109 Å². The molecular formula is C60H46N4. The Balaban J connectivity index is 1.24. The zero-order valence-corrected chi connectivity index (χ0v) is 35.3. The molecule has 0 N–H and O–H groups in total. The monoisotopic (exact) mass is 836 g/mol. The molecule has 9 aromatic carbocycles. The Hall–Kier alpha value is -7.82. The van der Waals surface area contributed by atoms with Crippen LogP contribution in [0.5, 0.6) is 0 Å². The van der Waals surface area contributed by atoms with Gasteiger partial charge in [0.15, 0.2) is 0 Å². The molecule has 64 heavy (non-hydrogen) atoms. The van der Waals surface area contributed by atoms with Gasteiger partial charge in [-0.2, -0.15) is 0 Å². The molecule has 0 spiro atoms. The molecule has 0 radical (unpaired) electrons. The summed E-state index contributed by atoms with van der Waals surface area (Å²) in [5.41, 5.74) is 4.90. The fourth-order valence-electron chi connectivity index (χ4n) is 9.72. The number of rotatable bonds is 8. The van der Waals surface area contributed by atoms with E-state index in [2.05, 4.69) is 27.7 Å². The second-order valence-electron chi connectivity index (χ2n) is 17.0. The van der Waals surface area contributed by atoms with E-state index in [0.29, 0.717) is 22.7 Å². The van der Waals surface area contributed by atoms with Crippen molar-refractivity contribution >= 4 is 110 Å². The van der Waals surface area contributed by atoms with Crippen LogP contribution in [-0.4, -0.2) is 8.80 Å². The maximum atomic E-state index is 10.4. The Bertz CT molecular complexity index is 4410. The third kappa shape index (κ3) is 5.17. The minimum atomic E-state index is -0.520. The van der Waals surface area contributed by atoms with Crippen LogP contribution in [0.15, 0.2) is 194 Å². The van der Waals surface area contributed by atoms with Crippen molar-refractivity contribution in [1.82, 2.24) is 8.80 Å². The smallest absolute Gasteiger partial charge is 0.0653 e. The summed E-state index contributed by atoms with van der Waals surface area (Å²) in [6.07, 6.45) is 0. The fourth-order valence-corrected chi connectivity index (χ4v) is 9.72. The Morgan fingerprint density at radius 1 is 0.375 bits per heavy atom. The Morgan fingerprint density at radius 3 is 1.12 bits per heavy atom. The van der Waals surface area contributed by atoms with Gasteiger partial charge in [0, 0.05) is 65.8 Å². The lowest BCUT2D eigenvalue weighted by molar-refractivity contribution is 0.866. The third-order valence-electron chi connectivity index (χ3n) is 12.8. The lowest BCUT2D eigenvalue weighted by atomic mass is 10.0. The Labute approximate surface area is 391 Å². The molecule has 4 heterocycles. The average Bonchev–Trinajstić information content (AvgIpc) is 4.11. The second kappa shape index (κ2) is 13.8. The number of hydrogen-bond donors (Lipinski definition) is 0. The summed E-state index contributed by atoms with van der Waals surface area (Å²) in [5.74, 6) is 0.399. The summed E-state index contributed by atoms with van der Waals surface area (Å²) < 4.78 is 139. The maximum Gasteiger partial charge on any atom is 0.0653 e. The third-order valence-corrected chi connectivity index (χ3v) is 12.8. The van der Waals surface area contributed by atoms with Crippen LogP contribution in [0, 0.1) is 0 Å². The van der Waals surface area contributed by atoms with Crippen molar-refractivity contribution < 1.29 is 19.2 Å². The summed E-state index contributed by atoms with van der Waals surface area (Å²) in [4.78, 5) is 3.57. The standard InChI is InChI=1S/C60H46N4/c1-37(2)39-27-31-43(32-28-39)61(41-15-7-5-8-16-41)51-23-13-25-53-57(51)47-21-11-19-45-49-36-56-50(35-55(49)63(53)59(45)47)46-20-12-22-48-58-52(24-14-26-54(58)64(56)60(46)48)62(42-17-9-6-10-18-42)44-33-29-40(30-34-44)38(3)4/h5-38H,1-4H3/i11D,12D,13D,14D,19D,20D,21D,22D,23D,24D,25D,26D,35D,36D. The highest BCUT2D eigenvalue weighted by atomic mass is 15.2. The minimum absolute atomic E-state index is 0.00332. The highest BCUT2D eigenvalue weighted by Crippen LogP contribution is 2.50. The van der Waals surface area contributed by atoms with Gasteiger partial charge in [0.2, 0.25) is 0 Å². The van der Waals surface area contributed by atoms with E-state index in [9.17, 15) is 19.2 Å². The van der Waals surface area contributed by atoms with Crippen LogP contribution in [0.4, 0.5) is 34.1 Å². The summed E-state index contributed by atoms with van der Waals surface area (Å²) >= 11 is 0. The normalized spacial score (nSPS) is 15.4. The van der Waals surface area contributed by atoms with Crippen molar-refractivity contribution in [3.63, 3.8) is 0 Å². The number of benzene rings is 9. The predicted octanol–water partition coefficient (Wildman–Crippen LogP) is 17.2. The first-order valence-electron chi connectivity index (χ1n) is 28.5. The van der Waals surface area contributed by atoms with Crippen molar-refractivity contribution in [3.05, 3.63) is 205 Å². The highest BCUT2D eigenvalue weighted by molar-refractivity contribution is 6.31. The largest absolute Gasteiger partial charge is 0.310 e. The van der Waals surface area contributed by atoms with Crippen molar-refractivity contribution in [2.24, 2.45) is 0 Å². The molecule has 13 rings (SSSR count). The zero-order valence-electron chi connectivity index (χ0n) is 49.3. The van der Waals surface area contributed by atoms with Crippen molar-refractivity contribution in [2.45, 2.75) is 39.5 Å². The molecule has 306 valence electrons. The van der Waals surface area contributed by atoms with Gasteiger partial charge < -0.3 is 18.6 Å². The quantitative estimate of drug-likeness (QED) is 0.151. The van der Waals surface area contributed by atoms with Gasteiger partial charge in [-0.3, -0.25) is 0 Å². The van der Waals surface area contributed by atoms with Gasteiger partial charge in [-0.25, -0.2) is 0 Å². The molecule has 4 heteroatoms. The first kappa shape index (κ1) is 25.3. The summed E-state index contributed by atoms with van der Waals surface area (Å²) in [7, 11) is 0. The second-order valence-corrected chi connectivity index (χ2v) is 17.0. The van der Waals surface area contributed by atoms with E-state index in [4.69, 9.17) is 0 Å². The van der Waals surface area contributed by atoms with E-state index >= 15 is 0 Å². The van der Waals surface area contributed by atoms with Crippen molar-refractivity contribution in [3.8, 4) is 0 Å². The van der Waals surface area contributed by atoms with Crippen molar-refractivity contribution in [1.29, 1.82) is 0 Å². The van der Waals surface area contributed by atoms with Gasteiger partial charge in [-0.15, -0.1) is 0 Å². The van der Waals surface area contributed by atoms with Crippen molar-refractivity contribution in [2.75, 3.05) is 9.80 Å². The molecule has 0 unspecified atom stereocenters. The molecule has 0 amide bonds. The lowest BCUT2D eigenvalue weighted by Crippen LogP contribution is -2.10. The fraction of sp³-hybridized carbons (Fsp3) is 0.100. The first-order valence-corrected chi connectivity index (χ1v) is 21.5. The Kier molecular flexibility index (Phi) is 5.48. The molecule has 0 atom stereocenters. The number of para-hydroxylation sites is 4. The van der Waals surface area contributed by atoms with Crippen LogP contribution in [-0.2, 0) is 0 Å². The lowest BCUT2D eigenvalue weighted by Gasteiger charge is -2.27. The number of anilines is 6. The highest BCUT2D eigenvalue weighted by Gasteiger charge is 2.27. The molecule has 0 aliphatic heterocycles. The minimum Gasteiger partial charge on any atom is -0.310 e. The van der Waals surface area contributed by atoms with Gasteiger partial charge >= 0.3 is 0 Å². The molecular weight excluding hydrogens is 777 g/mol. The molecule has 0 saturated carbocycles. The van der Waals surface area contributed by atoms with Crippen LogP contribution >= 0.6 is 0 Å². The van der Waals surface area contributed by atoms with Crippen LogP contribution in [0.2, 0.25) is 0 Å². The van der Waals surface area contributed by atoms with Crippen LogP contribution in [0.3, 0.4) is 0 Å². The summed E-state index contributed by atoms with van der Waals surface area (Å²) in [6.45, 7) is 8.30. The average molecular weight is 837 g/mol.